The number of allylic oxidation sites excluding steroid dienone is 1. The van der Waals surface area contributed by atoms with Crippen molar-refractivity contribution >= 4 is 29.3 Å². The first-order valence-electron chi connectivity index (χ1n) is 6.46. The molecule has 0 amide bonds. The summed E-state index contributed by atoms with van der Waals surface area (Å²) in [7, 11) is 4.03. The maximum absolute atomic E-state index is 12.3. The Labute approximate surface area is 123 Å². The monoisotopic (exact) mass is 281 g/mol. The SMILES string of the molecule is CN(C)c1ccc(/C=C2\Sc3ccccc3C2=O)cc1. The van der Waals surface area contributed by atoms with E-state index in [9.17, 15) is 4.79 Å². The van der Waals surface area contributed by atoms with Crippen molar-refractivity contribution in [3.8, 4) is 0 Å². The van der Waals surface area contributed by atoms with Gasteiger partial charge in [-0.05, 0) is 35.9 Å². The van der Waals surface area contributed by atoms with Crippen molar-refractivity contribution in [2.24, 2.45) is 0 Å². The van der Waals surface area contributed by atoms with Crippen LogP contribution in [0, 0.1) is 0 Å². The van der Waals surface area contributed by atoms with Gasteiger partial charge in [0, 0.05) is 30.2 Å². The zero-order valence-corrected chi connectivity index (χ0v) is 12.3. The van der Waals surface area contributed by atoms with Crippen molar-refractivity contribution in [2.45, 2.75) is 4.90 Å². The van der Waals surface area contributed by atoms with Gasteiger partial charge in [0.2, 0.25) is 5.78 Å². The molecule has 1 aliphatic rings. The van der Waals surface area contributed by atoms with Gasteiger partial charge in [-0.2, -0.15) is 0 Å². The lowest BCUT2D eigenvalue weighted by Gasteiger charge is -2.11. The van der Waals surface area contributed by atoms with Crippen LogP contribution in [-0.2, 0) is 0 Å². The van der Waals surface area contributed by atoms with E-state index < -0.39 is 0 Å². The summed E-state index contributed by atoms with van der Waals surface area (Å²) in [5.41, 5.74) is 3.02. The molecule has 0 fully saturated rings. The quantitative estimate of drug-likeness (QED) is 0.774. The summed E-state index contributed by atoms with van der Waals surface area (Å²) < 4.78 is 0. The molecule has 1 aliphatic heterocycles. The molecule has 20 heavy (non-hydrogen) atoms. The fourth-order valence-electron chi connectivity index (χ4n) is 2.16. The summed E-state index contributed by atoms with van der Waals surface area (Å²) in [6.45, 7) is 0. The molecule has 0 atom stereocenters. The Morgan fingerprint density at radius 2 is 1.70 bits per heavy atom. The number of carbonyl (C=O) groups is 1. The van der Waals surface area contributed by atoms with Crippen LogP contribution in [0.1, 0.15) is 15.9 Å². The minimum Gasteiger partial charge on any atom is -0.378 e. The molecule has 3 rings (SSSR count). The summed E-state index contributed by atoms with van der Waals surface area (Å²) >= 11 is 1.55. The van der Waals surface area contributed by atoms with Gasteiger partial charge in [0.15, 0.2) is 0 Å². The Bertz CT molecular complexity index is 686. The molecular weight excluding hydrogens is 266 g/mol. The lowest BCUT2D eigenvalue weighted by Crippen LogP contribution is -2.07. The van der Waals surface area contributed by atoms with Gasteiger partial charge in [-0.3, -0.25) is 4.79 Å². The van der Waals surface area contributed by atoms with E-state index in [0.29, 0.717) is 0 Å². The first-order valence-corrected chi connectivity index (χ1v) is 7.27. The number of hydrogen-bond donors (Lipinski definition) is 0. The van der Waals surface area contributed by atoms with Gasteiger partial charge in [0.1, 0.15) is 0 Å². The van der Waals surface area contributed by atoms with Gasteiger partial charge in [-0.25, -0.2) is 0 Å². The maximum atomic E-state index is 12.3. The third-order valence-electron chi connectivity index (χ3n) is 3.28. The molecule has 0 saturated carbocycles. The highest BCUT2D eigenvalue weighted by Crippen LogP contribution is 2.40. The van der Waals surface area contributed by atoms with E-state index in [4.69, 9.17) is 0 Å². The van der Waals surface area contributed by atoms with Crippen molar-refractivity contribution in [3.63, 3.8) is 0 Å². The number of hydrogen-bond acceptors (Lipinski definition) is 3. The van der Waals surface area contributed by atoms with Gasteiger partial charge in [-0.15, -0.1) is 0 Å². The highest BCUT2D eigenvalue weighted by atomic mass is 32.2. The molecule has 0 radical (unpaired) electrons. The van der Waals surface area contributed by atoms with E-state index in [-0.39, 0.29) is 5.78 Å². The van der Waals surface area contributed by atoms with E-state index in [2.05, 4.69) is 17.0 Å². The average molecular weight is 281 g/mol. The summed E-state index contributed by atoms with van der Waals surface area (Å²) in [6.07, 6.45) is 1.96. The molecule has 0 saturated heterocycles. The van der Waals surface area contributed by atoms with Crippen LogP contribution in [0.15, 0.2) is 58.3 Å². The summed E-state index contributed by atoms with van der Waals surface area (Å²) in [5, 5.41) is 0. The van der Waals surface area contributed by atoms with Gasteiger partial charge in [0.25, 0.3) is 0 Å². The number of anilines is 1. The number of benzene rings is 2. The number of thioether (sulfide) groups is 1. The van der Waals surface area contributed by atoms with E-state index >= 15 is 0 Å². The lowest BCUT2D eigenvalue weighted by atomic mass is 10.1. The van der Waals surface area contributed by atoms with E-state index in [1.807, 2.05) is 56.6 Å². The van der Waals surface area contributed by atoms with Crippen LogP contribution in [0.4, 0.5) is 5.69 Å². The van der Waals surface area contributed by atoms with Crippen molar-refractivity contribution in [2.75, 3.05) is 19.0 Å². The zero-order valence-electron chi connectivity index (χ0n) is 11.5. The van der Waals surface area contributed by atoms with Crippen LogP contribution in [0.25, 0.3) is 6.08 Å². The Morgan fingerprint density at radius 1 is 1.00 bits per heavy atom. The fourth-order valence-corrected chi connectivity index (χ4v) is 3.21. The molecular formula is C17H15NOS. The normalized spacial score (nSPS) is 15.5. The number of fused-ring (bicyclic) bond motifs is 1. The van der Waals surface area contributed by atoms with E-state index in [1.165, 1.54) is 0 Å². The molecule has 0 aromatic heterocycles. The minimum absolute atomic E-state index is 0.127. The minimum atomic E-state index is 0.127. The molecule has 0 aliphatic carbocycles. The first kappa shape index (κ1) is 13.0. The van der Waals surface area contributed by atoms with Crippen LogP contribution in [0.2, 0.25) is 0 Å². The predicted molar refractivity (Wildman–Crippen MR) is 85.4 cm³/mol. The van der Waals surface area contributed by atoms with Crippen molar-refractivity contribution in [1.29, 1.82) is 0 Å². The summed E-state index contributed by atoms with van der Waals surface area (Å²) in [6, 6.07) is 16.0. The lowest BCUT2D eigenvalue weighted by molar-refractivity contribution is 0.104. The van der Waals surface area contributed by atoms with Crippen molar-refractivity contribution < 1.29 is 4.79 Å². The van der Waals surface area contributed by atoms with Crippen molar-refractivity contribution in [1.82, 2.24) is 0 Å². The second kappa shape index (κ2) is 5.17. The third kappa shape index (κ3) is 2.37. The largest absolute Gasteiger partial charge is 0.378 e. The van der Waals surface area contributed by atoms with Crippen molar-refractivity contribution in [3.05, 3.63) is 64.6 Å². The van der Waals surface area contributed by atoms with E-state index in [0.717, 1.165) is 26.6 Å². The topological polar surface area (TPSA) is 20.3 Å². The molecule has 100 valence electrons. The van der Waals surface area contributed by atoms with Crippen LogP contribution < -0.4 is 4.90 Å². The van der Waals surface area contributed by atoms with Crippen LogP contribution in [0.5, 0.6) is 0 Å². The number of ketones is 1. The third-order valence-corrected chi connectivity index (χ3v) is 4.38. The van der Waals surface area contributed by atoms with Gasteiger partial charge >= 0.3 is 0 Å². The number of Topliss-reactive ketones (excluding diaryl/α,β-unsaturated/α-hetero) is 1. The Kier molecular flexibility index (Phi) is 3.36. The second-order valence-electron chi connectivity index (χ2n) is 4.92. The first-order chi connectivity index (χ1) is 9.65. The van der Waals surface area contributed by atoms with Crippen LogP contribution >= 0.6 is 11.8 Å². The molecule has 0 N–H and O–H groups in total. The smallest absolute Gasteiger partial charge is 0.200 e. The highest BCUT2D eigenvalue weighted by Gasteiger charge is 2.24. The molecule has 1 heterocycles. The Balaban J connectivity index is 1.89. The zero-order chi connectivity index (χ0) is 14.1. The van der Waals surface area contributed by atoms with Crippen LogP contribution in [-0.4, -0.2) is 19.9 Å². The van der Waals surface area contributed by atoms with Gasteiger partial charge < -0.3 is 4.90 Å². The molecule has 0 bridgehead atoms. The Hall–Kier alpha value is -2.00. The van der Waals surface area contributed by atoms with E-state index in [1.54, 1.807) is 11.8 Å². The predicted octanol–water partition coefficient (Wildman–Crippen LogP) is 4.08. The average Bonchev–Trinajstić information content (AvgIpc) is 2.77. The molecule has 2 aromatic carbocycles. The van der Waals surface area contributed by atoms with Crippen LogP contribution in [0.3, 0.4) is 0 Å². The van der Waals surface area contributed by atoms with Gasteiger partial charge in [-0.1, -0.05) is 36.0 Å². The molecule has 2 nitrogen and oxygen atoms in total. The number of carbonyl (C=O) groups excluding carboxylic acids is 1. The number of rotatable bonds is 2. The summed E-state index contributed by atoms with van der Waals surface area (Å²) in [4.78, 5) is 16.2. The highest BCUT2D eigenvalue weighted by molar-refractivity contribution is 8.04. The fraction of sp³-hybridized carbons (Fsp3) is 0.118. The molecule has 0 unspecified atom stereocenters. The molecule has 0 spiro atoms. The Morgan fingerprint density at radius 3 is 2.35 bits per heavy atom. The summed E-state index contributed by atoms with van der Waals surface area (Å²) in [5.74, 6) is 0.127. The second-order valence-corrected chi connectivity index (χ2v) is 6.01. The molecule has 2 aromatic rings. The standard InChI is InChI=1S/C17H15NOS/c1-18(2)13-9-7-12(8-10-13)11-16-17(19)14-5-3-4-6-15(14)20-16/h3-11H,1-2H3/b16-11-. The molecule has 3 heteroatoms. The van der Waals surface area contributed by atoms with Gasteiger partial charge in [0.05, 0.1) is 4.91 Å². The maximum Gasteiger partial charge on any atom is 0.200 e. The number of nitrogens with zero attached hydrogens (tertiary/aromatic N) is 1.